The van der Waals surface area contributed by atoms with E-state index >= 15 is 0 Å². The first-order valence-electron chi connectivity index (χ1n) is 8.25. The van der Waals surface area contributed by atoms with Crippen LogP contribution in [0.1, 0.15) is 31.2 Å². The number of carboxylic acids is 1. The minimum atomic E-state index is -3.87. The van der Waals surface area contributed by atoms with Crippen LogP contribution in [0.4, 0.5) is 0 Å². The van der Waals surface area contributed by atoms with E-state index in [0.29, 0.717) is 31.4 Å². The van der Waals surface area contributed by atoms with Crippen molar-refractivity contribution in [2.75, 3.05) is 14.2 Å². The second-order valence-corrected chi connectivity index (χ2v) is 7.92. The molecule has 144 valence electrons. The van der Waals surface area contributed by atoms with Crippen LogP contribution in [0.25, 0.3) is 0 Å². The van der Waals surface area contributed by atoms with Crippen LogP contribution in [0, 0.1) is 5.92 Å². The number of ether oxygens (including phenoxy) is 2. The fraction of sp³-hybridized carbons (Fsp3) is 0.529. The smallest absolute Gasteiger partial charge is 0.310 e. The number of carbonyl (C=O) groups is 2. The minimum Gasteiger partial charge on any atom is -0.497 e. The molecular weight excluding hydrogens is 362 g/mol. The summed E-state index contributed by atoms with van der Waals surface area (Å²) in [6, 6.07) is 4.06. The second kappa shape index (κ2) is 8.50. The molecule has 0 spiro atoms. The Morgan fingerprint density at radius 2 is 1.85 bits per heavy atom. The van der Waals surface area contributed by atoms with Gasteiger partial charge < -0.3 is 14.6 Å². The Balaban J connectivity index is 2.20. The Morgan fingerprint density at radius 1 is 1.19 bits per heavy atom. The maximum Gasteiger partial charge on any atom is 0.310 e. The molecule has 0 atom stereocenters. The van der Waals surface area contributed by atoms with E-state index in [9.17, 15) is 18.0 Å². The summed E-state index contributed by atoms with van der Waals surface area (Å²) in [5.41, 5.74) is 0.280. The third kappa shape index (κ3) is 4.95. The highest BCUT2D eigenvalue weighted by Gasteiger charge is 2.30. The average molecular weight is 385 g/mol. The zero-order valence-corrected chi connectivity index (χ0v) is 15.5. The van der Waals surface area contributed by atoms with Crippen LogP contribution in [-0.2, 0) is 30.8 Å². The molecular formula is C17H23NO7S. The molecule has 0 aliphatic heterocycles. The van der Waals surface area contributed by atoms with Gasteiger partial charge >= 0.3 is 11.9 Å². The molecule has 0 saturated heterocycles. The molecule has 0 bridgehead atoms. The summed E-state index contributed by atoms with van der Waals surface area (Å²) in [5, 5.41) is 9.03. The van der Waals surface area contributed by atoms with E-state index < -0.39 is 27.9 Å². The highest BCUT2D eigenvalue weighted by atomic mass is 32.2. The minimum absolute atomic E-state index is 0.0101. The lowest BCUT2D eigenvalue weighted by Gasteiger charge is -2.27. The van der Waals surface area contributed by atoms with Gasteiger partial charge in [-0.2, -0.15) is 0 Å². The molecule has 0 unspecified atom stereocenters. The van der Waals surface area contributed by atoms with Crippen molar-refractivity contribution in [2.45, 2.75) is 43.0 Å². The second-order valence-electron chi connectivity index (χ2n) is 6.23. The Bertz CT molecular complexity index is 767. The molecule has 1 aromatic rings. The summed E-state index contributed by atoms with van der Waals surface area (Å²) in [6.45, 7) is 0. The maximum atomic E-state index is 12.8. The van der Waals surface area contributed by atoms with Crippen molar-refractivity contribution in [3.8, 4) is 5.75 Å². The molecule has 1 aliphatic carbocycles. The van der Waals surface area contributed by atoms with Gasteiger partial charge in [0.2, 0.25) is 10.0 Å². The maximum absolute atomic E-state index is 12.8. The SMILES string of the molecule is COC(=O)Cc1cc(OC)ccc1S(=O)(=O)NC1CCC(C(=O)O)CC1. The molecule has 0 radical (unpaired) electrons. The Labute approximate surface area is 152 Å². The number of nitrogens with one attached hydrogen (secondary N) is 1. The van der Waals surface area contributed by atoms with Gasteiger partial charge in [-0.15, -0.1) is 0 Å². The van der Waals surface area contributed by atoms with Gasteiger partial charge in [0.1, 0.15) is 5.75 Å². The van der Waals surface area contributed by atoms with Crippen LogP contribution in [0.15, 0.2) is 23.1 Å². The van der Waals surface area contributed by atoms with Crippen LogP contribution >= 0.6 is 0 Å². The first-order valence-corrected chi connectivity index (χ1v) is 9.74. The van der Waals surface area contributed by atoms with Crippen molar-refractivity contribution in [3.05, 3.63) is 23.8 Å². The predicted molar refractivity (Wildman–Crippen MR) is 92.4 cm³/mol. The zero-order chi connectivity index (χ0) is 19.3. The number of carboxylic acid groups (broad SMARTS) is 1. The standard InChI is InChI=1S/C17H23NO7S/c1-24-14-7-8-15(12(9-14)10-16(19)25-2)26(22,23)18-13-5-3-11(4-6-13)17(20)21/h7-9,11,13,18H,3-6,10H2,1-2H3,(H,20,21). The molecule has 2 rings (SSSR count). The fourth-order valence-corrected chi connectivity index (χ4v) is 4.58. The normalized spacial score (nSPS) is 20.4. The van der Waals surface area contributed by atoms with Gasteiger partial charge in [0.05, 0.1) is 31.5 Å². The largest absolute Gasteiger partial charge is 0.497 e. The van der Waals surface area contributed by atoms with Gasteiger partial charge in [-0.25, -0.2) is 13.1 Å². The fourth-order valence-electron chi connectivity index (χ4n) is 3.05. The van der Waals surface area contributed by atoms with Gasteiger partial charge in [0.15, 0.2) is 0 Å². The molecule has 2 N–H and O–H groups in total. The predicted octanol–water partition coefficient (Wildman–Crippen LogP) is 1.33. The number of carbonyl (C=O) groups excluding carboxylic acids is 1. The van der Waals surface area contributed by atoms with E-state index in [4.69, 9.17) is 9.84 Å². The highest BCUT2D eigenvalue weighted by Crippen LogP contribution is 2.27. The lowest BCUT2D eigenvalue weighted by atomic mass is 9.87. The van der Waals surface area contributed by atoms with Crippen LogP contribution in [0.2, 0.25) is 0 Å². The van der Waals surface area contributed by atoms with Crippen LogP contribution in [0.5, 0.6) is 5.75 Å². The Morgan fingerprint density at radius 3 is 2.38 bits per heavy atom. The van der Waals surface area contributed by atoms with Crippen LogP contribution in [-0.4, -0.2) is 45.7 Å². The molecule has 1 aromatic carbocycles. The van der Waals surface area contributed by atoms with Gasteiger partial charge in [-0.05, 0) is 49.4 Å². The van der Waals surface area contributed by atoms with Crippen LogP contribution in [0.3, 0.4) is 0 Å². The average Bonchev–Trinajstić information content (AvgIpc) is 2.61. The molecule has 9 heteroatoms. The number of hydrogen-bond acceptors (Lipinski definition) is 6. The molecule has 1 saturated carbocycles. The summed E-state index contributed by atoms with van der Waals surface area (Å²) in [5.74, 6) is -1.39. The summed E-state index contributed by atoms with van der Waals surface area (Å²) >= 11 is 0. The molecule has 8 nitrogen and oxygen atoms in total. The molecule has 1 aliphatic rings. The number of aliphatic carboxylic acids is 1. The monoisotopic (exact) mass is 385 g/mol. The van der Waals surface area contributed by atoms with Crippen molar-refractivity contribution < 1.29 is 32.6 Å². The zero-order valence-electron chi connectivity index (χ0n) is 14.7. The van der Waals surface area contributed by atoms with E-state index in [-0.39, 0.29) is 22.9 Å². The number of esters is 1. The Hall–Kier alpha value is -2.13. The molecule has 0 aromatic heterocycles. The van der Waals surface area contributed by atoms with Crippen LogP contribution < -0.4 is 9.46 Å². The third-order valence-corrected chi connectivity index (χ3v) is 6.14. The lowest BCUT2D eigenvalue weighted by Crippen LogP contribution is -2.39. The first kappa shape index (κ1) is 20.2. The van der Waals surface area contributed by atoms with E-state index in [2.05, 4.69) is 9.46 Å². The van der Waals surface area contributed by atoms with E-state index in [1.54, 1.807) is 0 Å². The number of rotatable bonds is 7. The summed E-state index contributed by atoms with van der Waals surface area (Å²) in [6.07, 6.45) is 1.58. The number of methoxy groups -OCH3 is 2. The third-order valence-electron chi connectivity index (χ3n) is 4.52. The number of benzene rings is 1. The van der Waals surface area contributed by atoms with Gasteiger partial charge in [0.25, 0.3) is 0 Å². The molecule has 26 heavy (non-hydrogen) atoms. The summed E-state index contributed by atoms with van der Waals surface area (Å²) in [7, 11) is -1.19. The first-order chi connectivity index (χ1) is 12.3. The molecule has 0 heterocycles. The molecule has 0 amide bonds. The topological polar surface area (TPSA) is 119 Å². The van der Waals surface area contributed by atoms with Crippen molar-refractivity contribution >= 4 is 22.0 Å². The highest BCUT2D eigenvalue weighted by molar-refractivity contribution is 7.89. The number of hydrogen-bond donors (Lipinski definition) is 2. The quantitative estimate of drug-likeness (QED) is 0.680. The van der Waals surface area contributed by atoms with Crippen molar-refractivity contribution in [1.82, 2.24) is 4.72 Å². The summed E-state index contributed by atoms with van der Waals surface area (Å²) in [4.78, 5) is 22.6. The van der Waals surface area contributed by atoms with Gasteiger partial charge in [-0.1, -0.05) is 0 Å². The van der Waals surface area contributed by atoms with Crippen molar-refractivity contribution in [3.63, 3.8) is 0 Å². The lowest BCUT2D eigenvalue weighted by molar-refractivity contribution is -0.143. The van der Waals surface area contributed by atoms with Gasteiger partial charge in [0, 0.05) is 6.04 Å². The number of sulfonamides is 1. The van der Waals surface area contributed by atoms with E-state index in [1.807, 2.05) is 0 Å². The van der Waals surface area contributed by atoms with E-state index in [1.165, 1.54) is 32.4 Å². The Kier molecular flexibility index (Phi) is 6.60. The van der Waals surface area contributed by atoms with Crippen molar-refractivity contribution in [1.29, 1.82) is 0 Å². The molecule has 1 fully saturated rings. The van der Waals surface area contributed by atoms with Gasteiger partial charge in [-0.3, -0.25) is 9.59 Å². The van der Waals surface area contributed by atoms with E-state index in [0.717, 1.165) is 0 Å². The van der Waals surface area contributed by atoms with Crippen molar-refractivity contribution in [2.24, 2.45) is 5.92 Å². The summed E-state index contributed by atoms with van der Waals surface area (Å²) < 4.78 is 37.9.